The second-order valence-electron chi connectivity index (χ2n) is 5.24. The van der Waals surface area contributed by atoms with Gasteiger partial charge in [-0.25, -0.2) is 0 Å². The highest BCUT2D eigenvalue weighted by Gasteiger charge is 2.24. The molecule has 0 spiro atoms. The normalized spacial score (nSPS) is 16.6. The Morgan fingerprint density at radius 2 is 2.00 bits per heavy atom. The van der Waals surface area contributed by atoms with Crippen LogP contribution in [-0.4, -0.2) is 12.6 Å². The van der Waals surface area contributed by atoms with Crippen LogP contribution < -0.4 is 15.4 Å². The molecule has 1 unspecified atom stereocenters. The molecule has 0 aliphatic carbocycles. The van der Waals surface area contributed by atoms with E-state index in [2.05, 4.69) is 30.0 Å². The Kier molecular flexibility index (Phi) is 4.97. The average molecular weight is 305 g/mol. The molecule has 0 fully saturated rings. The van der Waals surface area contributed by atoms with Gasteiger partial charge in [-0.05, 0) is 36.2 Å². The van der Waals surface area contributed by atoms with Crippen molar-refractivity contribution >= 4 is 23.8 Å². The van der Waals surface area contributed by atoms with Crippen molar-refractivity contribution in [2.45, 2.75) is 26.0 Å². The summed E-state index contributed by atoms with van der Waals surface area (Å²) in [5.41, 5.74) is 9.08. The fourth-order valence-electron chi connectivity index (χ4n) is 2.65. The van der Waals surface area contributed by atoms with Crippen molar-refractivity contribution in [2.24, 2.45) is 0 Å². The Labute approximate surface area is 132 Å². The first-order valence-corrected chi connectivity index (χ1v) is 7.11. The number of anilines is 2. The van der Waals surface area contributed by atoms with E-state index in [0.717, 1.165) is 30.9 Å². The lowest BCUT2D eigenvalue weighted by Crippen LogP contribution is -2.39. The number of hydrogen-bond acceptors (Lipinski definition) is 3. The van der Waals surface area contributed by atoms with E-state index in [1.54, 1.807) is 0 Å². The Morgan fingerprint density at radius 3 is 2.76 bits per heavy atom. The van der Waals surface area contributed by atoms with E-state index < -0.39 is 0 Å². The molecule has 21 heavy (non-hydrogen) atoms. The topological polar surface area (TPSA) is 38.5 Å². The van der Waals surface area contributed by atoms with Crippen molar-refractivity contribution in [2.75, 3.05) is 17.2 Å². The molecule has 1 heterocycles. The molecule has 0 saturated carbocycles. The largest absolute Gasteiger partial charge is 0.486 e. The molecule has 112 valence electrons. The Hall–Kier alpha value is -1.87. The Balaban J connectivity index is 0.00000161. The number of ether oxygens (including phenoxy) is 1. The van der Waals surface area contributed by atoms with Crippen LogP contribution in [0.4, 0.5) is 11.4 Å². The predicted molar refractivity (Wildman–Crippen MR) is 90.3 cm³/mol. The lowest BCUT2D eigenvalue weighted by molar-refractivity contribution is 0.188. The van der Waals surface area contributed by atoms with Gasteiger partial charge in [0, 0.05) is 12.2 Å². The zero-order valence-electron chi connectivity index (χ0n) is 12.2. The molecule has 2 aromatic carbocycles. The zero-order valence-corrected chi connectivity index (χ0v) is 13.0. The second-order valence-corrected chi connectivity index (χ2v) is 5.24. The maximum absolute atomic E-state index is 6.01. The predicted octanol–water partition coefficient (Wildman–Crippen LogP) is 3.87. The number of hydrogen-bond donors (Lipinski definition) is 1. The van der Waals surface area contributed by atoms with Crippen LogP contribution in [-0.2, 0) is 6.54 Å². The van der Waals surface area contributed by atoms with Gasteiger partial charge in [-0.2, -0.15) is 0 Å². The molecule has 1 aliphatic rings. The summed E-state index contributed by atoms with van der Waals surface area (Å²) in [6.07, 6.45) is 1.27. The summed E-state index contributed by atoms with van der Waals surface area (Å²) in [6, 6.07) is 16.3. The molecule has 3 rings (SSSR count). The van der Waals surface area contributed by atoms with Gasteiger partial charge >= 0.3 is 0 Å². The van der Waals surface area contributed by atoms with Crippen LogP contribution in [0.1, 0.15) is 18.9 Å². The van der Waals surface area contributed by atoms with Crippen molar-refractivity contribution in [1.29, 1.82) is 0 Å². The van der Waals surface area contributed by atoms with Crippen LogP contribution in [0, 0.1) is 0 Å². The monoisotopic (exact) mass is 304 g/mol. The summed E-state index contributed by atoms with van der Waals surface area (Å²) in [6.45, 7) is 3.95. The minimum Gasteiger partial charge on any atom is -0.486 e. The maximum Gasteiger partial charge on any atom is 0.143 e. The van der Waals surface area contributed by atoms with Gasteiger partial charge in [-0.1, -0.05) is 31.2 Å². The van der Waals surface area contributed by atoms with Gasteiger partial charge in [0.1, 0.15) is 11.9 Å². The third-order valence-corrected chi connectivity index (χ3v) is 3.70. The third-order valence-electron chi connectivity index (χ3n) is 3.70. The van der Waals surface area contributed by atoms with Gasteiger partial charge in [-0.3, -0.25) is 0 Å². The molecule has 0 radical (unpaired) electrons. The first-order valence-electron chi connectivity index (χ1n) is 7.11. The quantitative estimate of drug-likeness (QED) is 0.875. The summed E-state index contributed by atoms with van der Waals surface area (Å²) in [4.78, 5) is 2.38. The van der Waals surface area contributed by atoms with E-state index in [1.807, 2.05) is 30.3 Å². The van der Waals surface area contributed by atoms with Crippen LogP contribution in [0.3, 0.4) is 0 Å². The second kappa shape index (κ2) is 6.72. The van der Waals surface area contributed by atoms with E-state index >= 15 is 0 Å². The van der Waals surface area contributed by atoms with Gasteiger partial charge in [0.05, 0.1) is 12.2 Å². The molecule has 1 aliphatic heterocycles. The molecular formula is C17H21ClN2O. The maximum atomic E-state index is 6.01. The molecule has 2 N–H and O–H groups in total. The van der Waals surface area contributed by atoms with Gasteiger partial charge in [0.25, 0.3) is 0 Å². The average Bonchev–Trinajstić information content (AvgIpc) is 2.47. The number of nitrogen functional groups attached to an aromatic ring is 1. The third kappa shape index (κ3) is 3.42. The highest BCUT2D eigenvalue weighted by Crippen LogP contribution is 2.34. The van der Waals surface area contributed by atoms with Crippen LogP contribution in [0.2, 0.25) is 0 Å². The van der Waals surface area contributed by atoms with Crippen LogP contribution in [0.25, 0.3) is 0 Å². The summed E-state index contributed by atoms with van der Waals surface area (Å²) in [5.74, 6) is 0.981. The summed E-state index contributed by atoms with van der Waals surface area (Å²) < 4.78 is 6.01. The molecule has 3 nitrogen and oxygen atoms in total. The SMILES string of the molecule is CCC1CN(Cc2cccc(N)c2)c2ccccc2O1.Cl. The molecule has 1 atom stereocenters. The summed E-state index contributed by atoms with van der Waals surface area (Å²) in [5, 5.41) is 0. The number of nitrogens with two attached hydrogens (primary N) is 1. The molecule has 0 saturated heterocycles. The van der Waals surface area contributed by atoms with E-state index in [1.165, 1.54) is 11.3 Å². The smallest absolute Gasteiger partial charge is 0.143 e. The highest BCUT2D eigenvalue weighted by molar-refractivity contribution is 5.85. The number of nitrogens with zero attached hydrogens (tertiary/aromatic N) is 1. The van der Waals surface area contributed by atoms with Gasteiger partial charge in [0.2, 0.25) is 0 Å². The van der Waals surface area contributed by atoms with E-state index in [4.69, 9.17) is 10.5 Å². The molecular weight excluding hydrogens is 284 g/mol. The summed E-state index contributed by atoms with van der Waals surface area (Å²) >= 11 is 0. The fraction of sp³-hybridized carbons (Fsp3) is 0.294. The first kappa shape index (κ1) is 15.5. The van der Waals surface area contributed by atoms with E-state index in [-0.39, 0.29) is 18.5 Å². The van der Waals surface area contributed by atoms with Crippen molar-refractivity contribution < 1.29 is 4.74 Å². The lowest BCUT2D eigenvalue weighted by atomic mass is 10.1. The van der Waals surface area contributed by atoms with Crippen molar-refractivity contribution in [3.63, 3.8) is 0 Å². The Morgan fingerprint density at radius 1 is 1.19 bits per heavy atom. The van der Waals surface area contributed by atoms with Gasteiger partial charge < -0.3 is 15.4 Å². The molecule has 0 bridgehead atoms. The fourth-order valence-corrected chi connectivity index (χ4v) is 2.65. The minimum atomic E-state index is 0. The van der Waals surface area contributed by atoms with E-state index in [0.29, 0.717) is 0 Å². The minimum absolute atomic E-state index is 0. The van der Waals surface area contributed by atoms with Crippen molar-refractivity contribution in [1.82, 2.24) is 0 Å². The summed E-state index contributed by atoms with van der Waals surface area (Å²) in [7, 11) is 0. The number of benzene rings is 2. The van der Waals surface area contributed by atoms with Crippen molar-refractivity contribution in [3.05, 3.63) is 54.1 Å². The molecule has 2 aromatic rings. The zero-order chi connectivity index (χ0) is 13.9. The Bertz CT molecular complexity index is 603. The van der Waals surface area contributed by atoms with Crippen LogP contribution in [0.15, 0.2) is 48.5 Å². The number of rotatable bonds is 3. The number of fused-ring (bicyclic) bond motifs is 1. The van der Waals surface area contributed by atoms with Crippen molar-refractivity contribution in [3.8, 4) is 5.75 Å². The van der Waals surface area contributed by atoms with Crippen LogP contribution >= 0.6 is 12.4 Å². The number of halogens is 1. The number of para-hydroxylation sites is 2. The van der Waals surface area contributed by atoms with Crippen LogP contribution in [0.5, 0.6) is 5.75 Å². The van der Waals surface area contributed by atoms with Gasteiger partial charge in [0.15, 0.2) is 0 Å². The van der Waals surface area contributed by atoms with Gasteiger partial charge in [-0.15, -0.1) is 12.4 Å². The standard InChI is InChI=1S/C17H20N2O.ClH/c1-2-15-12-19(11-13-6-5-7-14(18)10-13)16-8-3-4-9-17(16)20-15;/h3-10,15H,2,11-12,18H2,1H3;1H. The first-order chi connectivity index (χ1) is 9.76. The molecule has 4 heteroatoms. The molecule has 0 amide bonds. The highest BCUT2D eigenvalue weighted by atomic mass is 35.5. The van der Waals surface area contributed by atoms with E-state index in [9.17, 15) is 0 Å². The molecule has 0 aromatic heterocycles. The lowest BCUT2D eigenvalue weighted by Gasteiger charge is -2.36.